The summed E-state index contributed by atoms with van der Waals surface area (Å²) in [5, 5.41) is 0.574. The minimum atomic E-state index is -3.94. The Balaban J connectivity index is 1.66. The van der Waals surface area contributed by atoms with E-state index in [4.69, 9.17) is 0 Å². The molecule has 1 aliphatic heterocycles. The van der Waals surface area contributed by atoms with Crippen LogP contribution in [0.15, 0.2) is 53.4 Å². The van der Waals surface area contributed by atoms with Crippen molar-refractivity contribution in [3.8, 4) is 0 Å². The third-order valence-corrected chi connectivity index (χ3v) is 9.20. The zero-order chi connectivity index (χ0) is 24.3. The number of para-hydroxylation sites is 1. The lowest BCUT2D eigenvalue weighted by molar-refractivity contribution is -0.121. The number of fused-ring (bicyclic) bond motifs is 1. The van der Waals surface area contributed by atoms with Crippen molar-refractivity contribution in [1.82, 2.24) is 14.2 Å². The van der Waals surface area contributed by atoms with Crippen molar-refractivity contribution in [3.05, 3.63) is 54.3 Å². The summed E-state index contributed by atoms with van der Waals surface area (Å²) in [5.41, 5.74) is 0.811. The minimum absolute atomic E-state index is 0.0109. The zero-order valence-electron chi connectivity index (χ0n) is 19.4. The van der Waals surface area contributed by atoms with Crippen molar-refractivity contribution in [2.24, 2.45) is 0 Å². The molecule has 182 valence electrons. The van der Waals surface area contributed by atoms with Crippen LogP contribution in [0, 0.1) is 5.82 Å². The summed E-state index contributed by atoms with van der Waals surface area (Å²) in [5.74, 6) is -0.777. The van der Waals surface area contributed by atoms with Crippen molar-refractivity contribution < 1.29 is 17.6 Å². The zero-order valence-corrected chi connectivity index (χ0v) is 21.0. The molecule has 0 saturated carbocycles. The first kappa shape index (κ1) is 24.7. The SMILES string of the molecule is CCN(CC)CCN(C(=O)C1CCCN1S(=O)(=O)c1ccc(F)cc1)c1nc2ccccc2s1. The average molecular weight is 505 g/mol. The molecule has 7 nitrogen and oxygen atoms in total. The highest BCUT2D eigenvalue weighted by Gasteiger charge is 2.42. The first-order chi connectivity index (χ1) is 16.3. The summed E-state index contributed by atoms with van der Waals surface area (Å²) < 4.78 is 42.3. The molecule has 1 aromatic heterocycles. The van der Waals surface area contributed by atoms with Crippen LogP contribution in [0.1, 0.15) is 26.7 Å². The Bertz CT molecular complexity index is 1210. The Morgan fingerprint density at radius 3 is 2.50 bits per heavy atom. The van der Waals surface area contributed by atoms with Gasteiger partial charge < -0.3 is 4.90 Å². The van der Waals surface area contributed by atoms with E-state index in [1.165, 1.54) is 27.8 Å². The fourth-order valence-corrected chi connectivity index (χ4v) is 6.90. The number of carbonyl (C=O) groups is 1. The third-order valence-electron chi connectivity index (χ3n) is 6.22. The minimum Gasteiger partial charge on any atom is -0.302 e. The number of carbonyl (C=O) groups excluding carboxylic acids is 1. The van der Waals surface area contributed by atoms with Gasteiger partial charge in [0.15, 0.2) is 5.13 Å². The molecule has 4 rings (SSSR count). The topological polar surface area (TPSA) is 73.8 Å². The molecular formula is C24H29FN4O3S2. The third kappa shape index (κ3) is 5.00. The molecule has 0 bridgehead atoms. The predicted molar refractivity (Wildman–Crippen MR) is 133 cm³/mol. The maximum absolute atomic E-state index is 13.9. The number of benzene rings is 2. The molecule has 1 unspecified atom stereocenters. The average Bonchev–Trinajstić information content (AvgIpc) is 3.49. The molecular weight excluding hydrogens is 475 g/mol. The number of nitrogens with zero attached hydrogens (tertiary/aromatic N) is 4. The van der Waals surface area contributed by atoms with Crippen molar-refractivity contribution in [3.63, 3.8) is 0 Å². The van der Waals surface area contributed by atoms with E-state index >= 15 is 0 Å². The molecule has 34 heavy (non-hydrogen) atoms. The lowest BCUT2D eigenvalue weighted by Crippen LogP contribution is -2.49. The second-order valence-corrected chi connectivity index (χ2v) is 11.1. The number of thiazole rings is 1. The van der Waals surface area contributed by atoms with E-state index in [1.807, 2.05) is 24.3 Å². The number of hydrogen-bond donors (Lipinski definition) is 0. The number of hydrogen-bond acceptors (Lipinski definition) is 6. The van der Waals surface area contributed by atoms with Crippen molar-refractivity contribution in [1.29, 1.82) is 0 Å². The fourth-order valence-electron chi connectivity index (χ4n) is 4.25. The van der Waals surface area contributed by atoms with E-state index in [-0.39, 0.29) is 17.3 Å². The maximum Gasteiger partial charge on any atom is 0.247 e. The first-order valence-corrected chi connectivity index (χ1v) is 13.8. The van der Waals surface area contributed by atoms with Gasteiger partial charge >= 0.3 is 0 Å². The fraction of sp³-hybridized carbons (Fsp3) is 0.417. The molecule has 1 aliphatic rings. The summed E-state index contributed by atoms with van der Waals surface area (Å²) in [7, 11) is -3.94. The largest absolute Gasteiger partial charge is 0.302 e. The van der Waals surface area contributed by atoms with Gasteiger partial charge in [0, 0.05) is 19.6 Å². The Hall–Kier alpha value is -2.40. The van der Waals surface area contributed by atoms with Gasteiger partial charge in [-0.25, -0.2) is 17.8 Å². The van der Waals surface area contributed by atoms with E-state index in [0.717, 1.165) is 35.4 Å². The Kier molecular flexibility index (Phi) is 7.61. The molecule has 10 heteroatoms. The van der Waals surface area contributed by atoms with Crippen LogP contribution in [0.5, 0.6) is 0 Å². The Morgan fingerprint density at radius 2 is 1.82 bits per heavy atom. The van der Waals surface area contributed by atoms with E-state index in [2.05, 4.69) is 23.7 Å². The molecule has 0 N–H and O–H groups in total. The van der Waals surface area contributed by atoms with Gasteiger partial charge in [0.2, 0.25) is 15.9 Å². The standard InChI is InChI=1S/C24H29FN4O3S2/c1-3-27(4-2)16-17-28(24-26-20-8-5-6-10-22(20)33-24)23(30)21-9-7-15-29(21)34(31,32)19-13-11-18(25)12-14-19/h5-6,8,10-14,21H,3-4,7,9,15-17H2,1-2H3. The summed E-state index contributed by atoms with van der Waals surface area (Å²) in [6, 6.07) is 11.6. The van der Waals surface area contributed by atoms with Gasteiger partial charge in [-0.1, -0.05) is 37.3 Å². The van der Waals surface area contributed by atoms with Crippen LogP contribution >= 0.6 is 11.3 Å². The van der Waals surface area contributed by atoms with Crippen LogP contribution in [0.4, 0.5) is 9.52 Å². The monoisotopic (exact) mass is 504 g/mol. The van der Waals surface area contributed by atoms with E-state index in [1.54, 1.807) is 4.90 Å². The molecule has 3 aromatic rings. The second kappa shape index (κ2) is 10.5. The molecule has 1 atom stereocenters. The molecule has 2 aromatic carbocycles. The molecule has 1 amide bonds. The number of rotatable bonds is 9. The number of sulfonamides is 1. The van der Waals surface area contributed by atoms with E-state index < -0.39 is 21.9 Å². The van der Waals surface area contributed by atoms with Crippen LogP contribution in [-0.2, 0) is 14.8 Å². The quantitative estimate of drug-likeness (QED) is 0.441. The smallest absolute Gasteiger partial charge is 0.247 e. The summed E-state index contributed by atoms with van der Waals surface area (Å²) >= 11 is 1.43. The number of amides is 1. The van der Waals surface area contributed by atoms with Crippen LogP contribution in [-0.4, -0.2) is 67.3 Å². The highest BCUT2D eigenvalue weighted by atomic mass is 32.2. The van der Waals surface area contributed by atoms with Gasteiger partial charge in [-0.15, -0.1) is 0 Å². The van der Waals surface area contributed by atoms with Gasteiger partial charge in [-0.05, 0) is 62.3 Å². The molecule has 2 heterocycles. The van der Waals surface area contributed by atoms with Gasteiger partial charge in [0.25, 0.3) is 0 Å². The highest BCUT2D eigenvalue weighted by Crippen LogP contribution is 2.32. The van der Waals surface area contributed by atoms with Gasteiger partial charge in [0.05, 0.1) is 15.1 Å². The lowest BCUT2D eigenvalue weighted by atomic mass is 10.2. The van der Waals surface area contributed by atoms with Crippen LogP contribution in [0.3, 0.4) is 0 Å². The van der Waals surface area contributed by atoms with E-state index in [0.29, 0.717) is 31.1 Å². The number of aromatic nitrogens is 1. The van der Waals surface area contributed by atoms with Crippen LogP contribution in [0.2, 0.25) is 0 Å². The Labute approximate surface area is 203 Å². The second-order valence-electron chi connectivity index (χ2n) is 8.21. The highest BCUT2D eigenvalue weighted by molar-refractivity contribution is 7.89. The summed E-state index contributed by atoms with van der Waals surface area (Å²) in [6.07, 6.45) is 1.02. The molecule has 1 fully saturated rings. The van der Waals surface area contributed by atoms with Crippen LogP contribution in [0.25, 0.3) is 10.2 Å². The van der Waals surface area contributed by atoms with Gasteiger partial charge in [-0.3, -0.25) is 9.69 Å². The molecule has 1 saturated heterocycles. The van der Waals surface area contributed by atoms with Crippen LogP contribution < -0.4 is 4.90 Å². The molecule has 0 spiro atoms. The Morgan fingerprint density at radius 1 is 1.12 bits per heavy atom. The van der Waals surface area contributed by atoms with Crippen molar-refractivity contribution in [2.45, 2.75) is 37.6 Å². The number of anilines is 1. The van der Waals surface area contributed by atoms with Crippen molar-refractivity contribution in [2.75, 3.05) is 37.6 Å². The predicted octanol–water partition coefficient (Wildman–Crippen LogP) is 3.96. The molecule has 0 aliphatic carbocycles. The van der Waals surface area contributed by atoms with Gasteiger partial charge in [0.1, 0.15) is 11.9 Å². The lowest BCUT2D eigenvalue weighted by Gasteiger charge is -2.30. The summed E-state index contributed by atoms with van der Waals surface area (Å²) in [4.78, 5) is 22.4. The maximum atomic E-state index is 13.9. The number of halogens is 1. The summed E-state index contributed by atoms with van der Waals surface area (Å²) in [6.45, 7) is 7.18. The molecule has 0 radical (unpaired) electrons. The van der Waals surface area contributed by atoms with E-state index in [9.17, 15) is 17.6 Å². The van der Waals surface area contributed by atoms with Gasteiger partial charge in [-0.2, -0.15) is 4.31 Å². The number of likely N-dealkylation sites (N-methyl/N-ethyl adjacent to an activating group) is 1. The van der Waals surface area contributed by atoms with Crippen molar-refractivity contribution >= 4 is 42.6 Å². The normalized spacial score (nSPS) is 17.0. The first-order valence-electron chi connectivity index (χ1n) is 11.5.